The number of amides is 1. The molecule has 0 atom stereocenters. The summed E-state index contributed by atoms with van der Waals surface area (Å²) in [5.41, 5.74) is 5.67. The molecule has 1 aliphatic rings. The van der Waals surface area contributed by atoms with Crippen molar-refractivity contribution >= 4 is 5.91 Å². The zero-order valence-electron chi connectivity index (χ0n) is 8.97. The second kappa shape index (κ2) is 3.69. The molecule has 0 aliphatic heterocycles. The van der Waals surface area contributed by atoms with Crippen LogP contribution in [0.15, 0.2) is 0 Å². The van der Waals surface area contributed by atoms with Gasteiger partial charge in [-0.1, -0.05) is 20.8 Å². The molecule has 0 aromatic heterocycles. The summed E-state index contributed by atoms with van der Waals surface area (Å²) < 4.78 is 0. The number of hydrogen-bond donors (Lipinski definition) is 1. The molecular weight excluding hydrogens is 162 g/mol. The van der Waals surface area contributed by atoms with Crippen LogP contribution in [0.25, 0.3) is 0 Å². The SMILES string of the molecule is CC(C)(C)[C@H]1CC[C@H](C(N)=O)CC1. The maximum absolute atomic E-state index is 10.9. The molecule has 2 nitrogen and oxygen atoms in total. The first-order valence-corrected chi connectivity index (χ1v) is 5.20. The molecule has 1 aliphatic carbocycles. The van der Waals surface area contributed by atoms with Crippen molar-refractivity contribution in [2.24, 2.45) is 23.0 Å². The molecule has 13 heavy (non-hydrogen) atoms. The molecule has 0 saturated heterocycles. The molecule has 0 aromatic carbocycles. The van der Waals surface area contributed by atoms with Crippen LogP contribution in [0.3, 0.4) is 0 Å². The van der Waals surface area contributed by atoms with Crippen molar-refractivity contribution in [3.05, 3.63) is 0 Å². The summed E-state index contributed by atoms with van der Waals surface area (Å²) in [5.74, 6) is 0.814. The Hall–Kier alpha value is -0.530. The smallest absolute Gasteiger partial charge is 0.220 e. The average Bonchev–Trinajstić information content (AvgIpc) is 2.03. The van der Waals surface area contributed by atoms with Crippen molar-refractivity contribution in [1.82, 2.24) is 0 Å². The Labute approximate surface area is 80.9 Å². The minimum absolute atomic E-state index is 0.104. The van der Waals surface area contributed by atoms with Crippen molar-refractivity contribution in [3.8, 4) is 0 Å². The number of carbonyl (C=O) groups is 1. The monoisotopic (exact) mass is 183 g/mol. The van der Waals surface area contributed by atoms with E-state index < -0.39 is 0 Å². The highest BCUT2D eigenvalue weighted by atomic mass is 16.1. The van der Waals surface area contributed by atoms with Crippen LogP contribution in [0.4, 0.5) is 0 Å². The van der Waals surface area contributed by atoms with Crippen molar-refractivity contribution in [2.45, 2.75) is 46.5 Å². The summed E-state index contributed by atoms with van der Waals surface area (Å²) in [5, 5.41) is 0. The van der Waals surface area contributed by atoms with Crippen molar-refractivity contribution < 1.29 is 4.79 Å². The van der Waals surface area contributed by atoms with Gasteiger partial charge in [-0.05, 0) is 37.0 Å². The summed E-state index contributed by atoms with van der Waals surface area (Å²) in [4.78, 5) is 10.9. The van der Waals surface area contributed by atoms with Crippen LogP contribution in [0.2, 0.25) is 0 Å². The van der Waals surface area contributed by atoms with Crippen LogP contribution in [-0.2, 0) is 4.79 Å². The van der Waals surface area contributed by atoms with E-state index in [4.69, 9.17) is 5.73 Å². The van der Waals surface area contributed by atoms with Crippen LogP contribution in [0, 0.1) is 17.3 Å². The predicted molar refractivity (Wildman–Crippen MR) is 54.1 cm³/mol. The molecule has 1 saturated carbocycles. The van der Waals surface area contributed by atoms with Crippen molar-refractivity contribution in [3.63, 3.8) is 0 Å². The molecule has 0 aromatic rings. The van der Waals surface area contributed by atoms with E-state index >= 15 is 0 Å². The quantitative estimate of drug-likeness (QED) is 0.666. The van der Waals surface area contributed by atoms with Gasteiger partial charge in [0.1, 0.15) is 0 Å². The van der Waals surface area contributed by atoms with E-state index in [1.54, 1.807) is 0 Å². The topological polar surface area (TPSA) is 43.1 Å². The lowest BCUT2D eigenvalue weighted by molar-refractivity contribution is -0.123. The lowest BCUT2D eigenvalue weighted by Crippen LogP contribution is -2.31. The highest BCUT2D eigenvalue weighted by molar-refractivity contribution is 5.76. The average molecular weight is 183 g/mol. The Bertz CT molecular complexity index is 185. The molecule has 0 unspecified atom stereocenters. The van der Waals surface area contributed by atoms with E-state index in [-0.39, 0.29) is 11.8 Å². The van der Waals surface area contributed by atoms with Crippen molar-refractivity contribution in [2.75, 3.05) is 0 Å². The van der Waals surface area contributed by atoms with Gasteiger partial charge in [-0.25, -0.2) is 0 Å². The lowest BCUT2D eigenvalue weighted by atomic mass is 9.70. The van der Waals surface area contributed by atoms with Crippen LogP contribution in [0.5, 0.6) is 0 Å². The van der Waals surface area contributed by atoms with Gasteiger partial charge in [-0.2, -0.15) is 0 Å². The van der Waals surface area contributed by atoms with Crippen LogP contribution >= 0.6 is 0 Å². The van der Waals surface area contributed by atoms with Gasteiger partial charge >= 0.3 is 0 Å². The van der Waals surface area contributed by atoms with E-state index in [0.717, 1.165) is 31.6 Å². The first-order valence-electron chi connectivity index (χ1n) is 5.20. The summed E-state index contributed by atoms with van der Waals surface area (Å²) in [6.45, 7) is 6.84. The van der Waals surface area contributed by atoms with E-state index in [2.05, 4.69) is 20.8 Å². The highest BCUT2D eigenvalue weighted by Gasteiger charge is 2.31. The molecule has 0 bridgehead atoms. The van der Waals surface area contributed by atoms with Crippen LogP contribution in [0.1, 0.15) is 46.5 Å². The normalized spacial score (nSPS) is 30.1. The fourth-order valence-corrected chi connectivity index (χ4v) is 2.24. The lowest BCUT2D eigenvalue weighted by Gasteiger charge is -2.36. The van der Waals surface area contributed by atoms with Crippen molar-refractivity contribution in [1.29, 1.82) is 0 Å². The van der Waals surface area contributed by atoms with Gasteiger partial charge in [-0.3, -0.25) is 4.79 Å². The molecule has 0 radical (unpaired) electrons. The largest absolute Gasteiger partial charge is 0.369 e. The van der Waals surface area contributed by atoms with Gasteiger partial charge < -0.3 is 5.73 Å². The molecule has 0 spiro atoms. The zero-order chi connectivity index (χ0) is 10.1. The summed E-state index contributed by atoms with van der Waals surface area (Å²) in [6.07, 6.45) is 4.32. The van der Waals surface area contributed by atoms with Gasteiger partial charge in [0.25, 0.3) is 0 Å². The minimum Gasteiger partial charge on any atom is -0.369 e. The Morgan fingerprint density at radius 1 is 1.15 bits per heavy atom. The van der Waals surface area contributed by atoms with E-state index in [1.807, 2.05) is 0 Å². The fourth-order valence-electron chi connectivity index (χ4n) is 2.24. The Morgan fingerprint density at radius 2 is 1.62 bits per heavy atom. The Balaban J connectivity index is 2.44. The summed E-state index contributed by atoms with van der Waals surface area (Å²) in [6, 6.07) is 0. The number of hydrogen-bond acceptors (Lipinski definition) is 1. The number of carbonyl (C=O) groups excluding carboxylic acids is 1. The summed E-state index contributed by atoms with van der Waals surface area (Å²) >= 11 is 0. The maximum Gasteiger partial charge on any atom is 0.220 e. The molecule has 1 fully saturated rings. The standard InChI is InChI=1S/C11H21NO/c1-11(2,3)9-6-4-8(5-7-9)10(12)13/h8-9H,4-7H2,1-3H3,(H2,12,13)/t8-,9-. The molecule has 1 amide bonds. The highest BCUT2D eigenvalue weighted by Crippen LogP contribution is 2.39. The number of rotatable bonds is 1. The molecular formula is C11H21NO. The Kier molecular flexibility index (Phi) is 2.99. The van der Waals surface area contributed by atoms with E-state index in [0.29, 0.717) is 5.41 Å². The van der Waals surface area contributed by atoms with Gasteiger partial charge in [0, 0.05) is 5.92 Å². The van der Waals surface area contributed by atoms with E-state index in [1.165, 1.54) is 0 Å². The van der Waals surface area contributed by atoms with Crippen LogP contribution < -0.4 is 5.73 Å². The molecule has 2 heteroatoms. The number of nitrogens with two attached hydrogens (primary N) is 1. The third-order valence-corrected chi connectivity index (χ3v) is 3.35. The second-order valence-electron chi connectivity index (χ2n) is 5.32. The first-order chi connectivity index (χ1) is 5.91. The van der Waals surface area contributed by atoms with Crippen LogP contribution in [-0.4, -0.2) is 5.91 Å². The minimum atomic E-state index is -0.104. The molecule has 0 heterocycles. The second-order valence-corrected chi connectivity index (χ2v) is 5.32. The summed E-state index contributed by atoms with van der Waals surface area (Å²) in [7, 11) is 0. The first kappa shape index (κ1) is 10.6. The van der Waals surface area contributed by atoms with Gasteiger partial charge in [0.05, 0.1) is 0 Å². The van der Waals surface area contributed by atoms with Gasteiger partial charge in [-0.15, -0.1) is 0 Å². The number of primary amides is 1. The molecule has 2 N–H and O–H groups in total. The van der Waals surface area contributed by atoms with Gasteiger partial charge in [0.2, 0.25) is 5.91 Å². The zero-order valence-corrected chi connectivity index (χ0v) is 8.97. The third-order valence-electron chi connectivity index (χ3n) is 3.35. The Morgan fingerprint density at radius 3 is 1.92 bits per heavy atom. The molecule has 1 rings (SSSR count). The third kappa shape index (κ3) is 2.71. The molecule has 76 valence electrons. The fraction of sp³-hybridized carbons (Fsp3) is 0.909. The predicted octanol–water partition coefficient (Wildman–Crippen LogP) is 2.32. The maximum atomic E-state index is 10.9. The van der Waals surface area contributed by atoms with Gasteiger partial charge in [0.15, 0.2) is 0 Å². The van der Waals surface area contributed by atoms with E-state index in [9.17, 15) is 4.79 Å².